The van der Waals surface area contributed by atoms with Gasteiger partial charge in [0, 0.05) is 30.8 Å². The zero-order valence-corrected chi connectivity index (χ0v) is 11.6. The van der Waals surface area contributed by atoms with Crippen LogP contribution in [0.3, 0.4) is 0 Å². The summed E-state index contributed by atoms with van der Waals surface area (Å²) in [5.74, 6) is -0.567. The van der Waals surface area contributed by atoms with Gasteiger partial charge in [-0.25, -0.2) is 0 Å². The molecule has 0 aromatic heterocycles. The molecule has 7 heteroatoms. The summed E-state index contributed by atoms with van der Waals surface area (Å²) in [6.07, 6.45) is 0. The number of carbonyl (C=O) groups excluding carboxylic acids is 1. The van der Waals surface area contributed by atoms with Crippen molar-refractivity contribution in [3.05, 3.63) is 35.7 Å². The highest BCUT2D eigenvalue weighted by Gasteiger charge is 2.61. The van der Waals surface area contributed by atoms with E-state index in [9.17, 15) is 20.3 Å². The molecule has 0 unspecified atom stereocenters. The maximum Gasteiger partial charge on any atom is 0.203 e. The molecule has 2 nitrogen and oxygen atoms in total. The fourth-order valence-corrected chi connectivity index (χ4v) is 2.32. The van der Waals surface area contributed by atoms with Crippen molar-refractivity contribution in [2.45, 2.75) is 11.8 Å². The summed E-state index contributed by atoms with van der Waals surface area (Å²) in [5.41, 5.74) is -0.0983. The molecular formula is C12H15F4NOS. The van der Waals surface area contributed by atoms with Gasteiger partial charge in [0.1, 0.15) is 0 Å². The number of carbonyl (C=O) groups is 1. The van der Waals surface area contributed by atoms with Crippen LogP contribution in [-0.2, 0) is 0 Å². The molecule has 1 aromatic carbocycles. The summed E-state index contributed by atoms with van der Waals surface area (Å²) in [6, 6.07) is 2.48. The maximum absolute atomic E-state index is 13.7. The van der Waals surface area contributed by atoms with Gasteiger partial charge in [0.05, 0.1) is 4.90 Å². The van der Waals surface area contributed by atoms with Gasteiger partial charge in [-0.15, -0.1) is 15.5 Å². The standard InChI is InChI=1S/C12H15F4NOS/c1-5-19(13,14,15,16)12-7-10(9(2)18)6-11(8-12)17(3)4/h5-8H,1H2,2-4H3. The monoisotopic (exact) mass is 297 g/mol. The molecule has 0 aliphatic rings. The third-order valence-electron chi connectivity index (χ3n) is 2.64. The lowest BCUT2D eigenvalue weighted by Gasteiger charge is -2.47. The molecule has 0 N–H and O–H groups in total. The molecule has 108 valence electrons. The minimum Gasteiger partial charge on any atom is -0.378 e. The van der Waals surface area contributed by atoms with Crippen molar-refractivity contribution in [3.8, 4) is 0 Å². The Hall–Kier alpha value is -1.50. The number of nitrogens with zero attached hydrogens (tertiary/aromatic N) is 1. The van der Waals surface area contributed by atoms with Crippen molar-refractivity contribution in [3.63, 3.8) is 0 Å². The van der Waals surface area contributed by atoms with E-state index in [1.165, 1.54) is 25.1 Å². The molecule has 0 aliphatic heterocycles. The van der Waals surface area contributed by atoms with Gasteiger partial charge in [-0.05, 0) is 25.1 Å². The van der Waals surface area contributed by atoms with Crippen molar-refractivity contribution in [1.82, 2.24) is 0 Å². The SMILES string of the molecule is C=CS(F)(F)(F)(F)c1cc(C(C)=O)cc(N(C)C)c1. The van der Waals surface area contributed by atoms with Crippen LogP contribution in [0.25, 0.3) is 0 Å². The molecule has 19 heavy (non-hydrogen) atoms. The average Bonchev–Trinajstić information content (AvgIpc) is 2.27. The maximum atomic E-state index is 13.7. The Balaban J connectivity index is 3.72. The number of ketones is 1. The third kappa shape index (κ3) is 3.09. The van der Waals surface area contributed by atoms with Crippen molar-refractivity contribution in [2.24, 2.45) is 0 Å². The zero-order valence-electron chi connectivity index (χ0n) is 10.8. The summed E-state index contributed by atoms with van der Waals surface area (Å²) in [6.45, 7) is 3.68. The van der Waals surface area contributed by atoms with Gasteiger partial charge in [0.2, 0.25) is 9.84 Å². The van der Waals surface area contributed by atoms with Crippen molar-refractivity contribution in [1.29, 1.82) is 0 Å². The van der Waals surface area contributed by atoms with Crippen LogP contribution in [0.2, 0.25) is 0 Å². The molecule has 1 rings (SSSR count). The molecule has 0 fully saturated rings. The number of Topliss-reactive ketones (excluding diaryl/α,β-unsaturated/α-hetero) is 1. The molecule has 0 amide bonds. The number of benzene rings is 1. The van der Waals surface area contributed by atoms with E-state index >= 15 is 0 Å². The van der Waals surface area contributed by atoms with Crippen LogP contribution in [-0.4, -0.2) is 19.9 Å². The van der Waals surface area contributed by atoms with E-state index < -0.39 is 25.9 Å². The molecule has 0 heterocycles. The van der Waals surface area contributed by atoms with E-state index in [2.05, 4.69) is 6.58 Å². The predicted octanol–water partition coefficient (Wildman–Crippen LogP) is 4.87. The van der Waals surface area contributed by atoms with E-state index in [-0.39, 0.29) is 11.3 Å². The van der Waals surface area contributed by atoms with E-state index in [0.29, 0.717) is 12.1 Å². The fourth-order valence-electron chi connectivity index (χ4n) is 1.39. The molecule has 1 aromatic rings. The second-order valence-corrected chi connectivity index (χ2v) is 7.54. The Labute approximate surface area is 109 Å². The third-order valence-corrected chi connectivity index (χ3v) is 4.53. The van der Waals surface area contributed by atoms with Gasteiger partial charge in [0.15, 0.2) is 5.78 Å². The lowest BCUT2D eigenvalue weighted by atomic mass is 10.1. The lowest BCUT2D eigenvalue weighted by molar-refractivity contribution is 0.101. The van der Waals surface area contributed by atoms with Gasteiger partial charge < -0.3 is 4.90 Å². The first-order valence-corrected chi connectivity index (χ1v) is 7.38. The number of hydrogen-bond donors (Lipinski definition) is 0. The Morgan fingerprint density at radius 1 is 1.21 bits per heavy atom. The first kappa shape index (κ1) is 15.6. The summed E-state index contributed by atoms with van der Waals surface area (Å²) in [7, 11) is -5.53. The molecule has 0 spiro atoms. The number of rotatable bonds is 4. The van der Waals surface area contributed by atoms with Crippen LogP contribution in [0.15, 0.2) is 35.1 Å². The molecule has 0 aliphatic carbocycles. The number of anilines is 1. The Bertz CT molecular complexity index is 562. The van der Waals surface area contributed by atoms with Crippen LogP contribution >= 0.6 is 9.84 Å². The summed E-state index contributed by atoms with van der Waals surface area (Å²) < 4.78 is 54.7. The number of halogens is 4. The first-order valence-electron chi connectivity index (χ1n) is 5.27. The Kier molecular flexibility index (Phi) is 3.07. The Morgan fingerprint density at radius 2 is 1.74 bits per heavy atom. The average molecular weight is 297 g/mol. The van der Waals surface area contributed by atoms with E-state index in [1.807, 2.05) is 0 Å². The second kappa shape index (κ2) is 3.75. The van der Waals surface area contributed by atoms with Gasteiger partial charge >= 0.3 is 0 Å². The van der Waals surface area contributed by atoms with E-state index in [0.717, 1.165) is 6.92 Å². The molecule has 0 saturated heterocycles. The Morgan fingerprint density at radius 3 is 2.11 bits per heavy atom. The molecular weight excluding hydrogens is 282 g/mol. The largest absolute Gasteiger partial charge is 0.378 e. The van der Waals surface area contributed by atoms with Crippen LogP contribution in [0.1, 0.15) is 17.3 Å². The van der Waals surface area contributed by atoms with Crippen LogP contribution < -0.4 is 4.90 Å². The highest BCUT2D eigenvalue weighted by atomic mass is 32.5. The summed E-state index contributed by atoms with van der Waals surface area (Å²) in [5, 5.41) is -0.599. The van der Waals surface area contributed by atoms with Crippen LogP contribution in [0, 0.1) is 0 Å². The molecule has 0 bridgehead atoms. The topological polar surface area (TPSA) is 20.3 Å². The normalized spacial score (nSPS) is 15.3. The van der Waals surface area contributed by atoms with Crippen LogP contribution in [0.4, 0.5) is 21.2 Å². The highest BCUT2D eigenvalue weighted by molar-refractivity contribution is 8.52. The van der Waals surface area contributed by atoms with Crippen molar-refractivity contribution in [2.75, 3.05) is 19.0 Å². The van der Waals surface area contributed by atoms with Gasteiger partial charge in [-0.2, -0.15) is 0 Å². The highest BCUT2D eigenvalue weighted by Crippen LogP contribution is 3.01. The van der Waals surface area contributed by atoms with Crippen molar-refractivity contribution < 1.29 is 20.3 Å². The van der Waals surface area contributed by atoms with Crippen LogP contribution in [0.5, 0.6) is 0 Å². The van der Waals surface area contributed by atoms with E-state index in [1.54, 1.807) is 0 Å². The summed E-state index contributed by atoms with van der Waals surface area (Å²) in [4.78, 5) is 11.2. The van der Waals surface area contributed by atoms with E-state index in [4.69, 9.17) is 0 Å². The van der Waals surface area contributed by atoms with Gasteiger partial charge in [-0.1, -0.05) is 6.58 Å². The smallest absolute Gasteiger partial charge is 0.203 e. The fraction of sp³-hybridized carbons (Fsp3) is 0.250. The molecule has 0 atom stereocenters. The minimum absolute atomic E-state index is 0.0974. The minimum atomic E-state index is -8.54. The second-order valence-electron chi connectivity index (χ2n) is 4.47. The summed E-state index contributed by atoms with van der Waals surface area (Å²) >= 11 is 0. The van der Waals surface area contributed by atoms with Gasteiger partial charge in [0.25, 0.3) is 0 Å². The van der Waals surface area contributed by atoms with Crippen molar-refractivity contribution >= 4 is 21.3 Å². The predicted molar refractivity (Wildman–Crippen MR) is 71.3 cm³/mol. The molecule has 0 radical (unpaired) electrons. The van der Waals surface area contributed by atoms with Gasteiger partial charge in [-0.3, -0.25) is 4.79 Å². The quantitative estimate of drug-likeness (QED) is 0.583. The molecule has 0 saturated carbocycles. The zero-order chi connectivity index (χ0) is 15.1. The first-order chi connectivity index (χ1) is 8.29. The lowest BCUT2D eigenvalue weighted by Crippen LogP contribution is -2.14. The number of hydrogen-bond acceptors (Lipinski definition) is 2.